The van der Waals surface area contributed by atoms with Crippen LogP contribution in [0.4, 0.5) is 0 Å². The molecule has 0 unspecified atom stereocenters. The maximum absolute atomic E-state index is 12.9. The van der Waals surface area contributed by atoms with Gasteiger partial charge in [-0.25, -0.2) is 8.42 Å². The minimum Gasteiger partial charge on any atom is -0.411 e. The Balaban J connectivity index is 1.49. The van der Waals surface area contributed by atoms with E-state index < -0.39 is 15.3 Å². The molecule has 0 spiro atoms. The number of rotatable bonds is 7. The van der Waals surface area contributed by atoms with Gasteiger partial charge in [0.15, 0.2) is 5.78 Å². The Morgan fingerprint density at radius 2 is 1.81 bits per heavy atom. The van der Waals surface area contributed by atoms with Gasteiger partial charge in [0.05, 0.1) is 23.4 Å². The Morgan fingerprint density at radius 1 is 1.09 bits per heavy atom. The first-order valence-electron chi connectivity index (χ1n) is 10.1. The number of hydrogen-bond acceptors (Lipinski definition) is 8. The third kappa shape index (κ3) is 4.93. The summed E-state index contributed by atoms with van der Waals surface area (Å²) < 4.78 is 38.2. The van der Waals surface area contributed by atoms with Gasteiger partial charge in [-0.05, 0) is 32.0 Å². The van der Waals surface area contributed by atoms with Crippen LogP contribution in [-0.2, 0) is 14.8 Å². The number of morpholine rings is 1. The smallest absolute Gasteiger partial charge is 0.277 e. The van der Waals surface area contributed by atoms with Gasteiger partial charge in [-0.3, -0.25) is 4.79 Å². The van der Waals surface area contributed by atoms with Crippen LogP contribution in [0.5, 0.6) is 0 Å². The van der Waals surface area contributed by atoms with E-state index >= 15 is 0 Å². The highest BCUT2D eigenvalue weighted by atomic mass is 32.2. The lowest BCUT2D eigenvalue weighted by Crippen LogP contribution is -2.40. The number of ether oxygens (including phenoxy) is 1. The Hall–Kier alpha value is -2.53. The molecule has 2 heterocycles. The van der Waals surface area contributed by atoms with Crippen molar-refractivity contribution in [2.24, 2.45) is 0 Å². The number of hydrogen-bond donors (Lipinski definition) is 0. The molecule has 0 saturated carbocycles. The molecule has 1 aromatic heterocycles. The van der Waals surface area contributed by atoms with Crippen molar-refractivity contribution in [3.05, 3.63) is 59.7 Å². The lowest BCUT2D eigenvalue weighted by molar-refractivity contribution is 0.0730. The number of carbonyl (C=O) groups is 1. The van der Waals surface area contributed by atoms with Crippen LogP contribution < -0.4 is 0 Å². The maximum atomic E-state index is 12.9. The fourth-order valence-corrected chi connectivity index (χ4v) is 5.47. The quantitative estimate of drug-likeness (QED) is 0.380. The summed E-state index contributed by atoms with van der Waals surface area (Å²) in [4.78, 5) is 12.8. The summed E-state index contributed by atoms with van der Waals surface area (Å²) in [6, 6.07) is 13.8. The number of benzene rings is 2. The van der Waals surface area contributed by atoms with E-state index in [9.17, 15) is 13.2 Å². The van der Waals surface area contributed by atoms with E-state index in [4.69, 9.17) is 9.15 Å². The van der Waals surface area contributed by atoms with Crippen LogP contribution in [0.3, 0.4) is 0 Å². The second-order valence-corrected chi connectivity index (χ2v) is 10.6. The van der Waals surface area contributed by atoms with Crippen molar-refractivity contribution in [3.63, 3.8) is 0 Å². The SMILES string of the molecule is Cc1ccc(C(=O)[C@@H](C)Sc2nnc(-c3cccc(S(=O)(=O)N4CCOCC4)c3)o2)cc1. The number of aryl methyl sites for hydroxylation is 1. The molecule has 3 aromatic rings. The first-order valence-corrected chi connectivity index (χ1v) is 12.5. The summed E-state index contributed by atoms with van der Waals surface area (Å²) in [7, 11) is -3.64. The highest BCUT2D eigenvalue weighted by Crippen LogP contribution is 2.29. The number of ketones is 1. The normalized spacial score (nSPS) is 16.1. The fraction of sp³-hybridized carbons (Fsp3) is 0.318. The first-order chi connectivity index (χ1) is 15.3. The van der Waals surface area contributed by atoms with Crippen LogP contribution in [0.2, 0.25) is 0 Å². The molecular weight excluding hydrogens is 450 g/mol. The van der Waals surface area contributed by atoms with Gasteiger partial charge in [0.2, 0.25) is 15.9 Å². The topological polar surface area (TPSA) is 103 Å². The summed E-state index contributed by atoms with van der Waals surface area (Å²) in [5, 5.41) is 7.89. The number of sulfonamides is 1. The third-order valence-corrected chi connectivity index (χ3v) is 7.91. The molecule has 0 aliphatic carbocycles. The largest absolute Gasteiger partial charge is 0.411 e. The number of carbonyl (C=O) groups excluding carboxylic acids is 1. The molecule has 2 aromatic carbocycles. The number of aromatic nitrogens is 2. The zero-order chi connectivity index (χ0) is 22.7. The molecule has 1 atom stereocenters. The van der Waals surface area contributed by atoms with Crippen molar-refractivity contribution in [1.82, 2.24) is 14.5 Å². The zero-order valence-corrected chi connectivity index (χ0v) is 19.4. The summed E-state index contributed by atoms with van der Waals surface area (Å²) in [6.07, 6.45) is 0. The molecule has 10 heteroatoms. The van der Waals surface area contributed by atoms with Crippen molar-refractivity contribution in [3.8, 4) is 11.5 Å². The van der Waals surface area contributed by atoms with E-state index in [1.807, 2.05) is 19.1 Å². The first kappa shape index (κ1) is 22.7. The molecule has 0 amide bonds. The molecule has 1 saturated heterocycles. The summed E-state index contributed by atoms with van der Waals surface area (Å²) >= 11 is 1.17. The van der Waals surface area contributed by atoms with Gasteiger partial charge in [-0.15, -0.1) is 10.2 Å². The Bertz CT molecular complexity index is 1200. The van der Waals surface area contributed by atoms with Gasteiger partial charge in [-0.1, -0.05) is 47.7 Å². The molecule has 1 fully saturated rings. The van der Waals surface area contributed by atoms with Crippen LogP contribution in [0.1, 0.15) is 22.8 Å². The highest BCUT2D eigenvalue weighted by molar-refractivity contribution is 8.00. The average Bonchev–Trinajstić information content (AvgIpc) is 3.28. The number of nitrogens with zero attached hydrogens (tertiary/aromatic N) is 3. The molecule has 1 aliphatic heterocycles. The van der Waals surface area contributed by atoms with E-state index in [0.717, 1.165) is 5.56 Å². The van der Waals surface area contributed by atoms with Gasteiger partial charge in [0, 0.05) is 24.2 Å². The van der Waals surface area contributed by atoms with Gasteiger partial charge in [0.1, 0.15) is 0 Å². The fourth-order valence-electron chi connectivity index (χ4n) is 3.26. The van der Waals surface area contributed by atoms with E-state index in [1.54, 1.807) is 37.3 Å². The van der Waals surface area contributed by atoms with E-state index in [1.165, 1.54) is 22.1 Å². The van der Waals surface area contributed by atoms with Crippen LogP contribution in [0.15, 0.2) is 63.1 Å². The van der Waals surface area contributed by atoms with Crippen molar-refractivity contribution < 1.29 is 22.4 Å². The second-order valence-electron chi connectivity index (χ2n) is 7.41. The van der Waals surface area contributed by atoms with Crippen molar-refractivity contribution in [2.75, 3.05) is 26.3 Å². The van der Waals surface area contributed by atoms with Crippen LogP contribution in [0.25, 0.3) is 11.5 Å². The Labute approximate surface area is 191 Å². The summed E-state index contributed by atoms with van der Waals surface area (Å²) in [6.45, 7) is 5.15. The number of thioether (sulfide) groups is 1. The second kappa shape index (κ2) is 9.53. The van der Waals surface area contributed by atoms with Crippen LogP contribution in [0, 0.1) is 6.92 Å². The molecule has 0 radical (unpaired) electrons. The van der Waals surface area contributed by atoms with Crippen molar-refractivity contribution in [2.45, 2.75) is 29.2 Å². The maximum Gasteiger partial charge on any atom is 0.277 e. The monoisotopic (exact) mass is 473 g/mol. The highest BCUT2D eigenvalue weighted by Gasteiger charge is 2.27. The number of Topliss-reactive ketones (excluding diaryl/α,β-unsaturated/α-hetero) is 1. The van der Waals surface area contributed by atoms with Gasteiger partial charge in [-0.2, -0.15) is 4.31 Å². The lowest BCUT2D eigenvalue weighted by Gasteiger charge is -2.26. The zero-order valence-electron chi connectivity index (χ0n) is 17.7. The van der Waals surface area contributed by atoms with Gasteiger partial charge < -0.3 is 9.15 Å². The van der Waals surface area contributed by atoms with Crippen molar-refractivity contribution >= 4 is 27.6 Å². The Morgan fingerprint density at radius 3 is 2.53 bits per heavy atom. The third-order valence-electron chi connectivity index (χ3n) is 5.08. The molecule has 1 aliphatic rings. The minimum absolute atomic E-state index is 0.0339. The molecular formula is C22H23N3O5S2. The minimum atomic E-state index is -3.64. The predicted octanol–water partition coefficient (Wildman–Crippen LogP) is 3.43. The predicted molar refractivity (Wildman–Crippen MR) is 120 cm³/mol. The summed E-state index contributed by atoms with van der Waals surface area (Å²) in [5.74, 6) is 0.162. The standard InChI is InChI=1S/C22H23N3O5S2/c1-15-6-8-17(9-7-15)20(26)16(2)31-22-24-23-21(30-22)18-4-3-5-19(14-18)32(27,28)25-10-12-29-13-11-25/h3-9,14,16H,10-13H2,1-2H3/t16-/m1/s1. The molecule has 8 nitrogen and oxygen atoms in total. The molecule has 4 rings (SSSR count). The van der Waals surface area contributed by atoms with Crippen LogP contribution in [-0.4, -0.2) is 60.3 Å². The molecule has 32 heavy (non-hydrogen) atoms. The van der Waals surface area contributed by atoms with Crippen LogP contribution >= 0.6 is 11.8 Å². The average molecular weight is 474 g/mol. The molecule has 0 N–H and O–H groups in total. The van der Waals surface area contributed by atoms with E-state index in [-0.39, 0.29) is 21.8 Å². The van der Waals surface area contributed by atoms with Crippen molar-refractivity contribution in [1.29, 1.82) is 0 Å². The molecule has 168 valence electrons. The molecule has 0 bridgehead atoms. The Kier molecular flexibility index (Phi) is 6.75. The van der Waals surface area contributed by atoms with E-state index in [0.29, 0.717) is 37.4 Å². The van der Waals surface area contributed by atoms with Gasteiger partial charge in [0.25, 0.3) is 5.22 Å². The lowest BCUT2D eigenvalue weighted by atomic mass is 10.1. The summed E-state index contributed by atoms with van der Waals surface area (Å²) in [5.41, 5.74) is 2.20. The van der Waals surface area contributed by atoms with Gasteiger partial charge >= 0.3 is 0 Å². The van der Waals surface area contributed by atoms with E-state index in [2.05, 4.69) is 10.2 Å².